The third kappa shape index (κ3) is 10.1. The molecular formula is C74H54O8. The topological polar surface area (TPSA) is 105 Å². The molecule has 10 aromatic rings. The minimum atomic E-state index is -0.616. The van der Waals surface area contributed by atoms with Gasteiger partial charge in [-0.3, -0.25) is 0 Å². The van der Waals surface area contributed by atoms with E-state index in [1.165, 1.54) is 22.3 Å². The van der Waals surface area contributed by atoms with Crippen molar-refractivity contribution in [1.82, 2.24) is 0 Å². The first-order valence-electron chi connectivity index (χ1n) is 26.3. The van der Waals surface area contributed by atoms with Crippen molar-refractivity contribution in [3.05, 3.63) is 339 Å². The van der Waals surface area contributed by atoms with Gasteiger partial charge < -0.3 is 18.9 Å². The van der Waals surface area contributed by atoms with Crippen molar-refractivity contribution in [3.63, 3.8) is 0 Å². The van der Waals surface area contributed by atoms with Gasteiger partial charge in [-0.1, -0.05) is 209 Å². The zero-order valence-corrected chi connectivity index (χ0v) is 44.8. The Hall–Kier alpha value is -11.0. The SMILES string of the molecule is C=CC(=O)Oc1ccc(C2(c3ccc(OC(=O)C=C)cc3)c3ccccc3-c3ccccc32)cc1.C=CC(=O)Oc1ccc2cc(C3(c4ccc5cc(OC(=O)C=C)ccc5c4)c4ccccc4-c4ccccc43)ccc2c1.C=CC=C. The first kappa shape index (κ1) is 54.4. The van der Waals surface area contributed by atoms with Crippen molar-refractivity contribution < 1.29 is 38.1 Å². The van der Waals surface area contributed by atoms with E-state index in [0.29, 0.717) is 23.0 Å². The van der Waals surface area contributed by atoms with Crippen molar-refractivity contribution in [2.24, 2.45) is 0 Å². The number of benzene rings is 10. The highest BCUT2D eigenvalue weighted by atomic mass is 16.5. The Balaban J connectivity index is 0.000000176. The summed E-state index contributed by atoms with van der Waals surface area (Å²) in [4.78, 5) is 46.9. The molecule has 0 bridgehead atoms. The number of carbonyl (C=O) groups excluding carboxylic acids is 4. The zero-order valence-electron chi connectivity index (χ0n) is 44.8. The van der Waals surface area contributed by atoms with E-state index in [1.807, 2.05) is 84.9 Å². The molecule has 0 aromatic heterocycles. The van der Waals surface area contributed by atoms with Crippen molar-refractivity contribution in [2.45, 2.75) is 10.8 Å². The van der Waals surface area contributed by atoms with Gasteiger partial charge in [0.1, 0.15) is 23.0 Å². The van der Waals surface area contributed by atoms with Crippen LogP contribution >= 0.6 is 0 Å². The van der Waals surface area contributed by atoms with Gasteiger partial charge in [0.2, 0.25) is 0 Å². The molecule has 0 unspecified atom stereocenters. The average Bonchev–Trinajstić information content (AvgIpc) is 2.71. The molecular weight excluding hydrogens is 1020 g/mol. The summed E-state index contributed by atoms with van der Waals surface area (Å²) in [6, 6.07) is 73.3. The Morgan fingerprint density at radius 1 is 0.280 bits per heavy atom. The second-order valence-corrected chi connectivity index (χ2v) is 19.2. The number of carbonyl (C=O) groups is 4. The molecule has 2 aliphatic carbocycles. The van der Waals surface area contributed by atoms with Gasteiger partial charge in [-0.15, -0.1) is 0 Å². The summed E-state index contributed by atoms with van der Waals surface area (Å²) in [5, 5.41) is 4.00. The summed E-state index contributed by atoms with van der Waals surface area (Å²) in [6.07, 6.45) is 7.87. The highest BCUT2D eigenvalue weighted by Gasteiger charge is 2.47. The summed E-state index contributed by atoms with van der Waals surface area (Å²) < 4.78 is 21.4. The number of hydrogen-bond donors (Lipinski definition) is 0. The van der Waals surface area contributed by atoms with Crippen molar-refractivity contribution in [3.8, 4) is 45.3 Å². The van der Waals surface area contributed by atoms with Crippen molar-refractivity contribution >= 4 is 45.4 Å². The van der Waals surface area contributed by atoms with E-state index in [9.17, 15) is 19.2 Å². The molecule has 0 fully saturated rings. The normalized spacial score (nSPS) is 12.3. The van der Waals surface area contributed by atoms with Crippen LogP contribution in [0.1, 0.15) is 44.5 Å². The van der Waals surface area contributed by atoms with Crippen LogP contribution in [0, 0.1) is 0 Å². The third-order valence-electron chi connectivity index (χ3n) is 14.7. The fraction of sp³-hybridized carbons (Fsp3) is 0.0270. The van der Waals surface area contributed by atoms with Gasteiger partial charge in [0.15, 0.2) is 0 Å². The molecule has 8 heteroatoms. The fourth-order valence-corrected chi connectivity index (χ4v) is 11.3. The largest absolute Gasteiger partial charge is 0.423 e. The smallest absolute Gasteiger partial charge is 0.335 e. The van der Waals surface area contributed by atoms with Crippen LogP contribution in [-0.2, 0) is 30.0 Å². The lowest BCUT2D eigenvalue weighted by molar-refractivity contribution is -0.129. The molecule has 2 aliphatic rings. The Labute approximate surface area is 476 Å². The number of hydrogen-bond acceptors (Lipinski definition) is 8. The summed E-state index contributed by atoms with van der Waals surface area (Å²) >= 11 is 0. The van der Waals surface area contributed by atoms with Gasteiger partial charge >= 0.3 is 23.9 Å². The Morgan fingerprint density at radius 2 is 0.524 bits per heavy atom. The highest BCUT2D eigenvalue weighted by Crippen LogP contribution is 2.58. The van der Waals surface area contributed by atoms with E-state index >= 15 is 0 Å². The van der Waals surface area contributed by atoms with Crippen LogP contribution in [0.25, 0.3) is 43.8 Å². The van der Waals surface area contributed by atoms with Crippen LogP contribution in [0.15, 0.2) is 294 Å². The molecule has 0 saturated carbocycles. The van der Waals surface area contributed by atoms with E-state index in [1.54, 1.807) is 36.4 Å². The maximum atomic E-state index is 11.8. The van der Waals surface area contributed by atoms with Crippen LogP contribution in [0.2, 0.25) is 0 Å². The van der Waals surface area contributed by atoms with Gasteiger partial charge in [0.05, 0.1) is 10.8 Å². The zero-order chi connectivity index (χ0) is 57.4. The molecule has 12 rings (SSSR count). The maximum absolute atomic E-state index is 11.8. The highest BCUT2D eigenvalue weighted by molar-refractivity contribution is 5.94. The molecule has 0 spiro atoms. The van der Waals surface area contributed by atoms with E-state index in [4.69, 9.17) is 18.9 Å². The number of ether oxygens (including phenoxy) is 4. The lowest BCUT2D eigenvalue weighted by Gasteiger charge is -2.34. The average molecular weight is 1070 g/mol. The lowest BCUT2D eigenvalue weighted by atomic mass is 9.67. The van der Waals surface area contributed by atoms with Gasteiger partial charge in [-0.2, -0.15) is 0 Å². The predicted molar refractivity (Wildman–Crippen MR) is 326 cm³/mol. The third-order valence-corrected chi connectivity index (χ3v) is 14.7. The van der Waals surface area contributed by atoms with E-state index < -0.39 is 34.7 Å². The van der Waals surface area contributed by atoms with Crippen LogP contribution in [0.4, 0.5) is 0 Å². The molecule has 10 aromatic carbocycles. The molecule has 0 N–H and O–H groups in total. The Kier molecular flexibility index (Phi) is 15.6. The molecule has 0 atom stereocenters. The summed E-state index contributed by atoms with van der Waals surface area (Å²) in [6.45, 7) is 20.6. The van der Waals surface area contributed by atoms with Gasteiger partial charge in [-0.25, -0.2) is 19.2 Å². The summed E-state index contributed by atoms with van der Waals surface area (Å²) in [5.74, 6) is -0.150. The number of esters is 4. The second kappa shape index (κ2) is 23.6. The minimum absolute atomic E-state index is 0.444. The lowest BCUT2D eigenvalue weighted by Crippen LogP contribution is -2.28. The van der Waals surface area contributed by atoms with Crippen LogP contribution in [-0.4, -0.2) is 23.9 Å². The molecule has 0 saturated heterocycles. The molecule has 0 amide bonds. The fourth-order valence-electron chi connectivity index (χ4n) is 11.3. The van der Waals surface area contributed by atoms with Crippen LogP contribution in [0.5, 0.6) is 23.0 Å². The Morgan fingerprint density at radius 3 is 0.829 bits per heavy atom. The quantitative estimate of drug-likeness (QED) is 0.0487. The molecule has 0 heterocycles. The summed E-state index contributed by atoms with van der Waals surface area (Å²) in [5.41, 5.74) is 12.5. The molecule has 0 radical (unpaired) electrons. The number of rotatable bonds is 13. The van der Waals surface area contributed by atoms with E-state index in [-0.39, 0.29) is 0 Å². The second-order valence-electron chi connectivity index (χ2n) is 19.2. The van der Waals surface area contributed by atoms with Crippen LogP contribution < -0.4 is 18.9 Å². The first-order chi connectivity index (χ1) is 40.0. The van der Waals surface area contributed by atoms with Gasteiger partial charge in [0, 0.05) is 24.3 Å². The summed E-state index contributed by atoms with van der Waals surface area (Å²) in [7, 11) is 0. The van der Waals surface area contributed by atoms with Crippen LogP contribution in [0.3, 0.4) is 0 Å². The van der Waals surface area contributed by atoms with Gasteiger partial charge in [0.25, 0.3) is 0 Å². The minimum Gasteiger partial charge on any atom is -0.423 e. The van der Waals surface area contributed by atoms with Gasteiger partial charge in [-0.05, 0) is 149 Å². The number of fused-ring (bicyclic) bond motifs is 8. The molecule has 0 aliphatic heterocycles. The monoisotopic (exact) mass is 1070 g/mol. The van der Waals surface area contributed by atoms with E-state index in [0.717, 1.165) is 90.4 Å². The Bertz CT molecular complexity index is 3930. The van der Waals surface area contributed by atoms with Crippen molar-refractivity contribution in [2.75, 3.05) is 0 Å². The van der Waals surface area contributed by atoms with Crippen molar-refractivity contribution in [1.29, 1.82) is 0 Å². The molecule has 8 nitrogen and oxygen atoms in total. The molecule has 398 valence electrons. The predicted octanol–water partition coefficient (Wildman–Crippen LogP) is 16.1. The van der Waals surface area contributed by atoms with E-state index in [2.05, 4.69) is 149 Å². The maximum Gasteiger partial charge on any atom is 0.335 e. The number of allylic oxidation sites excluding steroid dienone is 2. The first-order valence-corrected chi connectivity index (χ1v) is 26.3. The standard InChI is InChI=1S/C39H26O4.C31H22O4.C4H6/c1-3-37(40)42-31-19-15-25-21-29(17-13-27(25)23-31)39(35-11-7-5-9-33(35)34-10-6-8-12-36(34)39)30-18-14-28-24-32(43-38(41)4-2)20-16-26(28)22-30;1-3-29(32)34-23-17-13-21(14-18-23)31(22-15-19-24(20-16-22)35-30(33)4-2)27-11-7-5-9-25(27)26-10-6-8-12-28(26)31;1-3-4-2/h3-24H,1-2H2;3-20H,1-2H2;3-4H,1-2H2. The molecule has 82 heavy (non-hydrogen) atoms.